The van der Waals surface area contributed by atoms with E-state index < -0.39 is 17.6 Å². The highest BCUT2D eigenvalue weighted by molar-refractivity contribution is 6.16. The summed E-state index contributed by atoms with van der Waals surface area (Å²) in [6, 6.07) is 2.31. The van der Waals surface area contributed by atoms with Gasteiger partial charge < -0.3 is 4.42 Å². The molecule has 2 rings (SSSR count). The van der Waals surface area contributed by atoms with E-state index in [1.54, 1.807) is 6.92 Å². The summed E-state index contributed by atoms with van der Waals surface area (Å²) in [5, 5.41) is 0. The van der Waals surface area contributed by atoms with Gasteiger partial charge in [-0.05, 0) is 25.1 Å². The summed E-state index contributed by atoms with van der Waals surface area (Å²) < 4.78 is 56.1. The van der Waals surface area contributed by atoms with E-state index >= 15 is 0 Å². The molecule has 2 aromatic rings. The van der Waals surface area contributed by atoms with Gasteiger partial charge in [0.1, 0.15) is 11.6 Å². The number of aryl methyl sites for hydroxylation is 1. The number of alkyl halides is 4. The van der Waals surface area contributed by atoms with E-state index in [-0.39, 0.29) is 17.3 Å². The van der Waals surface area contributed by atoms with Gasteiger partial charge in [0.15, 0.2) is 0 Å². The average Bonchev–Trinajstić information content (AvgIpc) is 2.76. The van der Waals surface area contributed by atoms with Crippen LogP contribution in [0.5, 0.6) is 0 Å². The molecule has 1 heterocycles. The molecule has 1 aromatic carbocycles. The van der Waals surface area contributed by atoms with E-state index in [1.165, 1.54) is 12.2 Å². The van der Waals surface area contributed by atoms with Crippen molar-refractivity contribution in [3.63, 3.8) is 0 Å². The molecular formula is C14H10ClF4NO. The van der Waals surface area contributed by atoms with Gasteiger partial charge >= 0.3 is 6.18 Å². The zero-order valence-corrected chi connectivity index (χ0v) is 11.6. The minimum Gasteiger partial charge on any atom is -0.442 e. The third kappa shape index (κ3) is 3.64. The molecule has 0 fully saturated rings. The van der Waals surface area contributed by atoms with Crippen molar-refractivity contribution in [1.82, 2.24) is 4.98 Å². The average molecular weight is 320 g/mol. The second-order valence-corrected chi connectivity index (χ2v) is 4.52. The Morgan fingerprint density at radius 2 is 2.00 bits per heavy atom. The SMILES string of the molecule is Cc1oc(C=Cc2ccc(C(F)(F)F)cc2F)nc1CCl. The molecule has 0 N–H and O–H groups in total. The van der Waals surface area contributed by atoms with Crippen molar-refractivity contribution < 1.29 is 22.0 Å². The molecule has 0 saturated carbocycles. The van der Waals surface area contributed by atoms with Crippen molar-refractivity contribution >= 4 is 23.8 Å². The lowest BCUT2D eigenvalue weighted by molar-refractivity contribution is -0.137. The maximum atomic E-state index is 13.6. The summed E-state index contributed by atoms with van der Waals surface area (Å²) in [4.78, 5) is 4.04. The lowest BCUT2D eigenvalue weighted by Gasteiger charge is -2.07. The maximum absolute atomic E-state index is 13.6. The first-order chi connectivity index (χ1) is 9.81. The molecule has 1 aromatic heterocycles. The maximum Gasteiger partial charge on any atom is 0.416 e. The highest BCUT2D eigenvalue weighted by Gasteiger charge is 2.30. The highest BCUT2D eigenvalue weighted by atomic mass is 35.5. The van der Waals surface area contributed by atoms with Crippen LogP contribution in [-0.2, 0) is 12.1 Å². The lowest BCUT2D eigenvalue weighted by Crippen LogP contribution is -2.05. The first kappa shape index (κ1) is 15.6. The van der Waals surface area contributed by atoms with Gasteiger partial charge in [0.2, 0.25) is 5.89 Å². The molecule has 0 amide bonds. The fraction of sp³-hybridized carbons (Fsp3) is 0.214. The quantitative estimate of drug-likeness (QED) is 0.584. The number of oxazole rings is 1. The summed E-state index contributed by atoms with van der Waals surface area (Å²) in [6.07, 6.45) is -1.91. The van der Waals surface area contributed by atoms with Crippen molar-refractivity contribution in [3.8, 4) is 0 Å². The fourth-order valence-electron chi connectivity index (χ4n) is 1.65. The van der Waals surface area contributed by atoms with Crippen molar-refractivity contribution in [1.29, 1.82) is 0 Å². The normalized spacial score (nSPS) is 12.3. The molecule has 0 aliphatic heterocycles. The van der Waals surface area contributed by atoms with E-state index in [0.29, 0.717) is 17.5 Å². The fourth-order valence-corrected chi connectivity index (χ4v) is 1.89. The zero-order chi connectivity index (χ0) is 15.6. The Morgan fingerprint density at radius 3 is 2.52 bits per heavy atom. The number of rotatable bonds is 3. The van der Waals surface area contributed by atoms with Gasteiger partial charge in [-0.3, -0.25) is 0 Å². The molecule has 0 saturated heterocycles. The smallest absolute Gasteiger partial charge is 0.416 e. The highest BCUT2D eigenvalue weighted by Crippen LogP contribution is 2.30. The number of halogens is 5. The minimum absolute atomic E-state index is 0.00581. The Labute approximate surface area is 123 Å². The summed E-state index contributed by atoms with van der Waals surface area (Å²) in [5.41, 5.74) is -0.468. The van der Waals surface area contributed by atoms with Crippen molar-refractivity contribution in [3.05, 3.63) is 52.5 Å². The van der Waals surface area contributed by atoms with Gasteiger partial charge in [-0.25, -0.2) is 9.37 Å². The topological polar surface area (TPSA) is 26.0 Å². The lowest BCUT2D eigenvalue weighted by atomic mass is 10.1. The Kier molecular flexibility index (Phi) is 4.37. The predicted octanol–water partition coefficient (Wildman–Crippen LogP) is 5.05. The summed E-state index contributed by atoms with van der Waals surface area (Å²) in [7, 11) is 0. The minimum atomic E-state index is -4.57. The number of nitrogens with zero attached hydrogens (tertiary/aromatic N) is 1. The van der Waals surface area contributed by atoms with Crippen LogP contribution < -0.4 is 0 Å². The van der Waals surface area contributed by atoms with Crippen molar-refractivity contribution in [2.45, 2.75) is 19.0 Å². The molecular weight excluding hydrogens is 310 g/mol. The summed E-state index contributed by atoms with van der Waals surface area (Å²) in [6.45, 7) is 1.68. The van der Waals surface area contributed by atoms with Crippen LogP contribution in [-0.4, -0.2) is 4.98 Å². The van der Waals surface area contributed by atoms with Crippen LogP contribution in [0.4, 0.5) is 17.6 Å². The van der Waals surface area contributed by atoms with Gasteiger partial charge in [-0.15, -0.1) is 11.6 Å². The molecule has 0 spiro atoms. The third-order valence-corrected chi connectivity index (χ3v) is 3.02. The largest absolute Gasteiger partial charge is 0.442 e. The van der Waals surface area contributed by atoms with Crippen LogP contribution in [0.15, 0.2) is 22.6 Å². The first-order valence-corrected chi connectivity index (χ1v) is 6.42. The molecule has 0 bridgehead atoms. The standard InChI is InChI=1S/C14H10ClF4NO/c1-8-12(7-15)20-13(21-8)5-3-9-2-4-10(6-11(9)16)14(17,18)19/h2-6H,7H2,1H3. The molecule has 0 aliphatic rings. The molecule has 7 heteroatoms. The van der Waals surface area contributed by atoms with Gasteiger partial charge in [0.25, 0.3) is 0 Å². The monoisotopic (exact) mass is 319 g/mol. The van der Waals surface area contributed by atoms with Crippen LogP contribution >= 0.6 is 11.6 Å². The van der Waals surface area contributed by atoms with Crippen LogP contribution in [0.25, 0.3) is 12.2 Å². The number of benzene rings is 1. The van der Waals surface area contributed by atoms with Crippen LogP contribution in [0, 0.1) is 12.7 Å². The van der Waals surface area contributed by atoms with Crippen LogP contribution in [0.1, 0.15) is 28.5 Å². The number of hydrogen-bond acceptors (Lipinski definition) is 2. The van der Waals surface area contributed by atoms with E-state index in [2.05, 4.69) is 4.98 Å². The molecule has 0 radical (unpaired) electrons. The number of hydrogen-bond donors (Lipinski definition) is 0. The molecule has 0 unspecified atom stereocenters. The van der Waals surface area contributed by atoms with Gasteiger partial charge in [0.05, 0.1) is 17.1 Å². The van der Waals surface area contributed by atoms with Gasteiger partial charge in [-0.2, -0.15) is 13.2 Å². The first-order valence-electron chi connectivity index (χ1n) is 5.88. The third-order valence-electron chi connectivity index (χ3n) is 2.77. The van der Waals surface area contributed by atoms with Crippen LogP contribution in [0.2, 0.25) is 0 Å². The summed E-state index contributed by atoms with van der Waals surface area (Å²) >= 11 is 5.63. The Balaban J connectivity index is 2.25. The van der Waals surface area contributed by atoms with Crippen molar-refractivity contribution in [2.24, 2.45) is 0 Å². The second kappa shape index (κ2) is 5.89. The van der Waals surface area contributed by atoms with Crippen molar-refractivity contribution in [2.75, 3.05) is 0 Å². The van der Waals surface area contributed by atoms with Gasteiger partial charge in [0, 0.05) is 11.6 Å². The van der Waals surface area contributed by atoms with Gasteiger partial charge in [-0.1, -0.05) is 6.07 Å². The zero-order valence-electron chi connectivity index (χ0n) is 10.8. The van der Waals surface area contributed by atoms with E-state index in [4.69, 9.17) is 16.0 Å². The molecule has 0 atom stereocenters. The molecule has 112 valence electrons. The Morgan fingerprint density at radius 1 is 1.29 bits per heavy atom. The van der Waals surface area contributed by atoms with E-state index in [0.717, 1.165) is 12.1 Å². The second-order valence-electron chi connectivity index (χ2n) is 4.26. The van der Waals surface area contributed by atoms with Crippen LogP contribution in [0.3, 0.4) is 0 Å². The molecule has 21 heavy (non-hydrogen) atoms. The Bertz CT molecular complexity index is 676. The predicted molar refractivity (Wildman–Crippen MR) is 71.1 cm³/mol. The number of aromatic nitrogens is 1. The molecule has 2 nitrogen and oxygen atoms in total. The van der Waals surface area contributed by atoms with E-state index in [9.17, 15) is 17.6 Å². The van der Waals surface area contributed by atoms with E-state index in [1.807, 2.05) is 0 Å². The Hall–Kier alpha value is -1.82. The molecule has 0 aliphatic carbocycles. The summed E-state index contributed by atoms with van der Waals surface area (Å²) in [5.74, 6) is -0.0421.